The Balaban J connectivity index is 2.04. The van der Waals surface area contributed by atoms with Crippen LogP contribution in [0.3, 0.4) is 0 Å². The summed E-state index contributed by atoms with van der Waals surface area (Å²) in [5.41, 5.74) is 2.12. The van der Waals surface area contributed by atoms with Gasteiger partial charge < -0.3 is 5.32 Å². The summed E-state index contributed by atoms with van der Waals surface area (Å²) in [6.45, 7) is 5.36. The smallest absolute Gasteiger partial charge is 0.279 e. The number of aromatic nitrogens is 2. The van der Waals surface area contributed by atoms with Crippen LogP contribution < -0.4 is 21.4 Å². The average Bonchev–Trinajstić information content (AvgIpc) is 2.84. The van der Waals surface area contributed by atoms with E-state index in [9.17, 15) is 9.59 Å². The van der Waals surface area contributed by atoms with Crippen molar-refractivity contribution in [3.8, 4) is 5.69 Å². The molecule has 5 heteroatoms. The third-order valence-corrected chi connectivity index (χ3v) is 3.56. The Morgan fingerprint density at radius 3 is 2.42 bits per heavy atom. The van der Waals surface area contributed by atoms with Crippen LogP contribution in [0, 0.1) is 0 Å². The third-order valence-electron chi connectivity index (χ3n) is 3.56. The first-order valence-corrected chi connectivity index (χ1v) is 7.49. The van der Waals surface area contributed by atoms with Crippen molar-refractivity contribution in [3.05, 3.63) is 81.1 Å². The quantitative estimate of drug-likeness (QED) is 0.765. The maximum Gasteiger partial charge on any atom is 0.279 e. The van der Waals surface area contributed by atoms with E-state index >= 15 is 0 Å². The molecule has 0 atom stereocenters. The van der Waals surface area contributed by atoms with Crippen molar-refractivity contribution >= 4 is 24.2 Å². The maximum absolute atomic E-state index is 12.6. The fraction of sp³-hybridized carbons (Fsp3) is 0.0526. The molecule has 1 amide bonds. The highest BCUT2D eigenvalue weighted by atomic mass is 16.1. The summed E-state index contributed by atoms with van der Waals surface area (Å²) >= 11 is 0. The van der Waals surface area contributed by atoms with Gasteiger partial charge in [0.05, 0.1) is 16.3 Å². The molecule has 0 spiro atoms. The van der Waals surface area contributed by atoms with Crippen LogP contribution in [0.5, 0.6) is 0 Å². The Kier molecular flexibility index (Phi) is 4.16. The van der Waals surface area contributed by atoms with E-state index in [-0.39, 0.29) is 11.5 Å². The van der Waals surface area contributed by atoms with Crippen molar-refractivity contribution in [1.82, 2.24) is 9.78 Å². The van der Waals surface area contributed by atoms with Crippen molar-refractivity contribution in [1.29, 1.82) is 0 Å². The summed E-state index contributed by atoms with van der Waals surface area (Å²) in [6.07, 6.45) is 1.81. The van der Waals surface area contributed by atoms with Crippen LogP contribution in [-0.4, -0.2) is 15.7 Å². The van der Waals surface area contributed by atoms with Crippen LogP contribution in [0.2, 0.25) is 0 Å². The molecular weight excluding hydrogens is 302 g/mol. The zero-order valence-electron chi connectivity index (χ0n) is 13.2. The van der Waals surface area contributed by atoms with Gasteiger partial charge in [0.2, 0.25) is 5.91 Å². The highest BCUT2D eigenvalue weighted by Crippen LogP contribution is 2.10. The molecule has 0 fully saturated rings. The highest BCUT2D eigenvalue weighted by Gasteiger charge is 2.05. The Bertz CT molecular complexity index is 1030. The second-order valence-corrected chi connectivity index (χ2v) is 5.43. The molecule has 0 aliphatic rings. The SMILES string of the molecule is C=c1[nH]n(-c2ccc(NC(C)=O)cc2)c(=O)/c1=C/c1ccccc1. The first-order valence-electron chi connectivity index (χ1n) is 7.49. The molecule has 0 aliphatic carbocycles. The lowest BCUT2D eigenvalue weighted by Crippen LogP contribution is -2.33. The summed E-state index contributed by atoms with van der Waals surface area (Å²) in [5, 5.41) is 6.75. The molecule has 0 aliphatic heterocycles. The number of hydrogen-bond acceptors (Lipinski definition) is 2. The molecule has 0 saturated carbocycles. The number of H-pyrrole nitrogens is 1. The van der Waals surface area contributed by atoms with Crippen molar-refractivity contribution in [3.63, 3.8) is 0 Å². The molecule has 3 rings (SSSR count). The van der Waals surface area contributed by atoms with Crippen molar-refractivity contribution in [2.75, 3.05) is 5.32 Å². The molecular formula is C19H17N3O2. The maximum atomic E-state index is 12.6. The number of rotatable bonds is 3. The van der Waals surface area contributed by atoms with Crippen LogP contribution >= 0.6 is 0 Å². The Hall–Kier alpha value is -3.34. The minimum absolute atomic E-state index is 0.139. The van der Waals surface area contributed by atoms with E-state index < -0.39 is 0 Å². The number of hydrogen-bond donors (Lipinski definition) is 2. The Morgan fingerprint density at radius 1 is 1.12 bits per heavy atom. The first kappa shape index (κ1) is 15.6. The second kappa shape index (κ2) is 6.42. The fourth-order valence-corrected chi connectivity index (χ4v) is 2.44. The molecule has 0 bridgehead atoms. The van der Waals surface area contributed by atoms with Crippen LogP contribution in [0.15, 0.2) is 59.4 Å². The molecule has 0 saturated heterocycles. The first-order chi connectivity index (χ1) is 11.5. The van der Waals surface area contributed by atoms with Gasteiger partial charge in [0, 0.05) is 12.6 Å². The predicted molar refractivity (Wildman–Crippen MR) is 95.5 cm³/mol. The van der Waals surface area contributed by atoms with Crippen molar-refractivity contribution < 1.29 is 4.79 Å². The molecule has 1 heterocycles. The largest absolute Gasteiger partial charge is 0.326 e. The molecule has 24 heavy (non-hydrogen) atoms. The number of carbonyl (C=O) groups excluding carboxylic acids is 1. The van der Waals surface area contributed by atoms with E-state index in [0.717, 1.165) is 5.56 Å². The minimum Gasteiger partial charge on any atom is -0.326 e. The summed E-state index contributed by atoms with van der Waals surface area (Å²) in [7, 11) is 0. The summed E-state index contributed by atoms with van der Waals surface area (Å²) in [5.74, 6) is -0.139. The van der Waals surface area contributed by atoms with E-state index in [1.807, 2.05) is 36.4 Å². The van der Waals surface area contributed by atoms with Crippen molar-refractivity contribution in [2.45, 2.75) is 6.92 Å². The van der Waals surface area contributed by atoms with Gasteiger partial charge >= 0.3 is 0 Å². The molecule has 2 aromatic carbocycles. The fourth-order valence-electron chi connectivity index (χ4n) is 2.44. The third kappa shape index (κ3) is 3.20. The Morgan fingerprint density at radius 2 is 1.79 bits per heavy atom. The number of aromatic amines is 1. The molecule has 0 radical (unpaired) electrons. The van der Waals surface area contributed by atoms with Gasteiger partial charge in [-0.3, -0.25) is 14.7 Å². The van der Waals surface area contributed by atoms with E-state index in [4.69, 9.17) is 0 Å². The van der Waals surface area contributed by atoms with E-state index in [2.05, 4.69) is 17.0 Å². The van der Waals surface area contributed by atoms with Crippen LogP contribution in [0.25, 0.3) is 18.3 Å². The number of nitrogens with zero attached hydrogens (tertiary/aromatic N) is 1. The van der Waals surface area contributed by atoms with Gasteiger partial charge in [-0.1, -0.05) is 36.9 Å². The van der Waals surface area contributed by atoms with Gasteiger partial charge in [0.1, 0.15) is 0 Å². The van der Waals surface area contributed by atoms with Crippen LogP contribution in [0.4, 0.5) is 5.69 Å². The molecule has 5 nitrogen and oxygen atoms in total. The lowest BCUT2D eigenvalue weighted by Gasteiger charge is -2.04. The van der Waals surface area contributed by atoms with E-state index in [1.54, 1.807) is 24.3 Å². The van der Waals surface area contributed by atoms with Crippen molar-refractivity contribution in [2.24, 2.45) is 0 Å². The van der Waals surface area contributed by atoms with Gasteiger partial charge in [0.15, 0.2) is 0 Å². The monoisotopic (exact) mass is 319 g/mol. The molecule has 120 valence electrons. The van der Waals surface area contributed by atoms with Gasteiger partial charge in [-0.25, -0.2) is 4.68 Å². The number of amides is 1. The summed E-state index contributed by atoms with van der Waals surface area (Å²) < 4.78 is 1.44. The lowest BCUT2D eigenvalue weighted by molar-refractivity contribution is -0.114. The van der Waals surface area contributed by atoms with E-state index in [1.165, 1.54) is 11.6 Å². The van der Waals surface area contributed by atoms with E-state index in [0.29, 0.717) is 21.9 Å². The lowest BCUT2D eigenvalue weighted by atomic mass is 10.2. The zero-order chi connectivity index (χ0) is 17.1. The molecule has 0 unspecified atom stereocenters. The second-order valence-electron chi connectivity index (χ2n) is 5.43. The number of benzene rings is 2. The van der Waals surface area contributed by atoms with Gasteiger partial charge in [0.25, 0.3) is 5.56 Å². The Labute approximate surface area is 138 Å². The number of nitrogens with one attached hydrogen (secondary N) is 2. The minimum atomic E-state index is -0.170. The molecule has 3 aromatic rings. The summed E-state index contributed by atoms with van der Waals surface area (Å²) in [4.78, 5) is 23.7. The predicted octanol–water partition coefficient (Wildman–Crippen LogP) is 1.36. The standard InChI is InChI=1S/C19H17N3O2/c1-13-18(12-15-6-4-3-5-7-15)19(24)22(21-13)17-10-8-16(9-11-17)20-14(2)23/h3-12,21H,1H2,2H3,(H,20,23)/b18-12+. The summed E-state index contributed by atoms with van der Waals surface area (Å²) in [6, 6.07) is 16.6. The number of anilines is 1. The topological polar surface area (TPSA) is 66.9 Å². The zero-order valence-corrected chi connectivity index (χ0v) is 13.2. The highest BCUT2D eigenvalue weighted by molar-refractivity contribution is 5.88. The van der Waals surface area contributed by atoms with Gasteiger partial charge in [-0.2, -0.15) is 0 Å². The normalized spacial score (nSPS) is 11.5. The number of carbonyl (C=O) groups is 1. The van der Waals surface area contributed by atoms with Crippen LogP contribution in [-0.2, 0) is 4.79 Å². The van der Waals surface area contributed by atoms with Gasteiger partial charge in [-0.05, 0) is 35.9 Å². The molecule has 1 aromatic heterocycles. The average molecular weight is 319 g/mol. The van der Waals surface area contributed by atoms with Crippen LogP contribution in [0.1, 0.15) is 12.5 Å². The molecule has 2 N–H and O–H groups in total. The van der Waals surface area contributed by atoms with Gasteiger partial charge in [-0.15, -0.1) is 0 Å².